The molecule has 0 spiro atoms. The van der Waals surface area contributed by atoms with Crippen LogP contribution in [0.25, 0.3) is 11.0 Å². The van der Waals surface area contributed by atoms with Gasteiger partial charge in [-0.25, -0.2) is 4.98 Å². The molecular weight excluding hydrogens is 381 g/mol. The summed E-state index contributed by atoms with van der Waals surface area (Å²) in [7, 11) is 0. The summed E-state index contributed by atoms with van der Waals surface area (Å²) < 4.78 is 40.6. The molecule has 22 heavy (non-hydrogen) atoms. The summed E-state index contributed by atoms with van der Waals surface area (Å²) in [5.41, 5.74) is 0.608. The van der Waals surface area contributed by atoms with Crippen molar-refractivity contribution in [2.45, 2.75) is 12.7 Å². The van der Waals surface area contributed by atoms with Crippen LogP contribution in [0.5, 0.6) is 0 Å². The van der Waals surface area contributed by atoms with Gasteiger partial charge < -0.3 is 4.57 Å². The van der Waals surface area contributed by atoms with Crippen LogP contribution in [0.2, 0.25) is 5.02 Å². The first-order chi connectivity index (χ1) is 10.3. The van der Waals surface area contributed by atoms with Crippen molar-refractivity contribution in [3.8, 4) is 0 Å². The molecule has 114 valence electrons. The molecule has 2 aromatic heterocycles. The quantitative estimate of drug-likeness (QED) is 0.564. The van der Waals surface area contributed by atoms with Gasteiger partial charge >= 0.3 is 6.18 Å². The highest BCUT2D eigenvalue weighted by molar-refractivity contribution is 9.10. The number of hydrogen-bond donors (Lipinski definition) is 0. The molecule has 0 aliphatic heterocycles. The minimum atomic E-state index is -4.39. The van der Waals surface area contributed by atoms with Crippen molar-refractivity contribution < 1.29 is 13.2 Å². The zero-order chi connectivity index (χ0) is 15.9. The summed E-state index contributed by atoms with van der Waals surface area (Å²) in [6, 6.07) is 7.21. The maximum atomic E-state index is 12.6. The second kappa shape index (κ2) is 5.59. The summed E-state index contributed by atoms with van der Waals surface area (Å²) in [5.74, 6) is 0. The molecule has 0 amide bonds. The fourth-order valence-electron chi connectivity index (χ4n) is 2.21. The van der Waals surface area contributed by atoms with Crippen LogP contribution in [-0.2, 0) is 12.7 Å². The van der Waals surface area contributed by atoms with E-state index in [2.05, 4.69) is 20.9 Å². The van der Waals surface area contributed by atoms with Crippen LogP contribution in [0.4, 0.5) is 13.2 Å². The number of halogens is 5. The van der Waals surface area contributed by atoms with Gasteiger partial charge in [0.25, 0.3) is 0 Å². The Morgan fingerprint density at radius 2 is 1.95 bits per heavy atom. The number of nitrogens with zero attached hydrogens (tertiary/aromatic N) is 2. The lowest BCUT2D eigenvalue weighted by atomic mass is 10.1. The van der Waals surface area contributed by atoms with E-state index < -0.39 is 11.7 Å². The molecule has 0 atom stereocenters. The van der Waals surface area contributed by atoms with Gasteiger partial charge in [-0.2, -0.15) is 13.2 Å². The van der Waals surface area contributed by atoms with Gasteiger partial charge in [-0.05, 0) is 45.8 Å². The Bertz CT molecular complexity index is 842. The Morgan fingerprint density at radius 3 is 2.64 bits per heavy atom. The van der Waals surface area contributed by atoms with Gasteiger partial charge in [-0.15, -0.1) is 0 Å². The molecule has 2 nitrogen and oxygen atoms in total. The second-order valence-electron chi connectivity index (χ2n) is 4.81. The maximum Gasteiger partial charge on any atom is 0.416 e. The number of alkyl halides is 3. The fourth-order valence-corrected chi connectivity index (χ4v) is 2.80. The first kappa shape index (κ1) is 15.4. The van der Waals surface area contributed by atoms with E-state index in [0.717, 1.165) is 27.6 Å². The molecule has 1 aromatic carbocycles. The van der Waals surface area contributed by atoms with Gasteiger partial charge in [0.05, 0.1) is 12.1 Å². The highest BCUT2D eigenvalue weighted by Crippen LogP contribution is 2.32. The monoisotopic (exact) mass is 388 g/mol. The Labute approximate surface area is 137 Å². The predicted octanol–water partition coefficient (Wildman–Crippen LogP) is 5.52. The highest BCUT2D eigenvalue weighted by atomic mass is 79.9. The summed E-state index contributed by atoms with van der Waals surface area (Å²) >= 11 is 9.33. The Kier molecular flexibility index (Phi) is 3.91. The van der Waals surface area contributed by atoms with Gasteiger partial charge in [0.15, 0.2) is 0 Å². The van der Waals surface area contributed by atoms with Crippen molar-refractivity contribution in [2.24, 2.45) is 0 Å². The molecule has 0 saturated heterocycles. The van der Waals surface area contributed by atoms with E-state index in [4.69, 9.17) is 11.6 Å². The van der Waals surface area contributed by atoms with Gasteiger partial charge in [0, 0.05) is 27.3 Å². The lowest BCUT2D eigenvalue weighted by molar-refractivity contribution is -0.137. The molecule has 0 unspecified atom stereocenters. The first-order valence-corrected chi connectivity index (χ1v) is 7.48. The van der Waals surface area contributed by atoms with Crippen molar-refractivity contribution in [2.75, 3.05) is 0 Å². The van der Waals surface area contributed by atoms with Gasteiger partial charge in [-0.1, -0.05) is 17.7 Å². The van der Waals surface area contributed by atoms with Crippen LogP contribution in [0.1, 0.15) is 11.1 Å². The lowest BCUT2D eigenvalue weighted by Crippen LogP contribution is -2.06. The van der Waals surface area contributed by atoms with Crippen LogP contribution < -0.4 is 0 Å². The van der Waals surface area contributed by atoms with E-state index in [1.54, 1.807) is 6.20 Å². The first-order valence-electron chi connectivity index (χ1n) is 6.30. The fraction of sp³-hybridized carbons (Fsp3) is 0.133. The number of fused-ring (bicyclic) bond motifs is 1. The van der Waals surface area contributed by atoms with Crippen LogP contribution in [-0.4, -0.2) is 9.55 Å². The van der Waals surface area contributed by atoms with E-state index in [1.807, 2.05) is 22.9 Å². The smallest absolute Gasteiger partial charge is 0.328 e. The molecule has 3 aromatic rings. The third-order valence-electron chi connectivity index (χ3n) is 3.29. The van der Waals surface area contributed by atoms with E-state index in [1.165, 1.54) is 6.07 Å². The normalized spacial score (nSPS) is 12.0. The zero-order valence-electron chi connectivity index (χ0n) is 11.0. The SMILES string of the molecule is FC(F)(F)c1ccc(Cn2ccc3cc(Br)cnc32)c(Cl)c1. The summed E-state index contributed by atoms with van der Waals surface area (Å²) in [6.07, 6.45) is -0.887. The number of benzene rings is 1. The van der Waals surface area contributed by atoms with Crippen molar-refractivity contribution in [1.29, 1.82) is 0 Å². The third-order valence-corrected chi connectivity index (χ3v) is 4.07. The van der Waals surface area contributed by atoms with Crippen molar-refractivity contribution in [3.63, 3.8) is 0 Å². The van der Waals surface area contributed by atoms with Crippen LogP contribution in [0.3, 0.4) is 0 Å². The summed E-state index contributed by atoms with van der Waals surface area (Å²) in [5, 5.41) is 1.03. The summed E-state index contributed by atoms with van der Waals surface area (Å²) in [4.78, 5) is 4.32. The molecule has 0 fully saturated rings. The molecule has 0 N–H and O–H groups in total. The topological polar surface area (TPSA) is 17.8 Å². The minimum absolute atomic E-state index is 0.0915. The van der Waals surface area contributed by atoms with Gasteiger partial charge in [-0.3, -0.25) is 0 Å². The molecule has 3 rings (SSSR count). The number of hydrogen-bond acceptors (Lipinski definition) is 1. The number of aromatic nitrogens is 2. The maximum absolute atomic E-state index is 12.6. The Hall–Kier alpha value is -1.53. The molecular formula is C15H9BrClF3N2. The Morgan fingerprint density at radius 1 is 1.18 bits per heavy atom. The van der Waals surface area contributed by atoms with E-state index in [0.29, 0.717) is 12.1 Å². The van der Waals surface area contributed by atoms with Gasteiger partial charge in [0.1, 0.15) is 5.65 Å². The molecule has 0 radical (unpaired) electrons. The molecule has 0 saturated carbocycles. The zero-order valence-corrected chi connectivity index (χ0v) is 13.4. The van der Waals surface area contributed by atoms with E-state index >= 15 is 0 Å². The second-order valence-corrected chi connectivity index (χ2v) is 6.14. The minimum Gasteiger partial charge on any atom is -0.328 e. The van der Waals surface area contributed by atoms with Gasteiger partial charge in [0.2, 0.25) is 0 Å². The van der Waals surface area contributed by atoms with Crippen LogP contribution >= 0.6 is 27.5 Å². The molecule has 7 heteroatoms. The predicted molar refractivity (Wildman–Crippen MR) is 83.0 cm³/mol. The average molecular weight is 390 g/mol. The van der Waals surface area contributed by atoms with Crippen molar-refractivity contribution in [3.05, 3.63) is 63.3 Å². The van der Waals surface area contributed by atoms with E-state index in [9.17, 15) is 13.2 Å². The molecule has 0 aliphatic carbocycles. The van der Waals surface area contributed by atoms with Crippen molar-refractivity contribution in [1.82, 2.24) is 9.55 Å². The van der Waals surface area contributed by atoms with Crippen LogP contribution in [0, 0.1) is 0 Å². The third kappa shape index (κ3) is 2.98. The average Bonchev–Trinajstić information content (AvgIpc) is 2.82. The van der Waals surface area contributed by atoms with Crippen molar-refractivity contribution >= 4 is 38.6 Å². The molecule has 2 heterocycles. The Balaban J connectivity index is 1.95. The standard InChI is InChI=1S/C15H9BrClF3N2/c16-12-5-9-3-4-22(14(9)21-7-12)8-10-1-2-11(6-13(10)17)15(18,19)20/h1-7H,8H2. The largest absolute Gasteiger partial charge is 0.416 e. The highest BCUT2D eigenvalue weighted by Gasteiger charge is 2.30. The summed E-state index contributed by atoms with van der Waals surface area (Å²) in [6.45, 7) is 0.356. The lowest BCUT2D eigenvalue weighted by Gasteiger charge is -2.11. The van der Waals surface area contributed by atoms with Crippen LogP contribution in [0.15, 0.2) is 47.2 Å². The molecule has 0 aliphatic rings. The van der Waals surface area contributed by atoms with E-state index in [-0.39, 0.29) is 5.02 Å². The number of pyridine rings is 1. The number of rotatable bonds is 2. The molecule has 0 bridgehead atoms.